The Hall–Kier alpha value is -1.94. The average Bonchev–Trinajstić information content (AvgIpc) is 2.74. The highest BCUT2D eigenvalue weighted by Gasteiger charge is 2.08. The van der Waals surface area contributed by atoms with Gasteiger partial charge in [0.15, 0.2) is 5.65 Å². The monoisotopic (exact) mass is 244 g/mol. The van der Waals surface area contributed by atoms with Crippen LogP contribution in [0, 0.1) is 6.92 Å². The van der Waals surface area contributed by atoms with E-state index in [-0.39, 0.29) is 0 Å². The zero-order chi connectivity index (χ0) is 11.8. The summed E-state index contributed by atoms with van der Waals surface area (Å²) in [6.45, 7) is 1.94. The van der Waals surface area contributed by atoms with Crippen LogP contribution < -0.4 is 0 Å². The van der Waals surface area contributed by atoms with Crippen molar-refractivity contribution in [2.24, 2.45) is 0 Å². The first-order valence-corrected chi connectivity index (χ1v) is 5.55. The van der Waals surface area contributed by atoms with Crippen LogP contribution in [0.4, 0.5) is 0 Å². The van der Waals surface area contributed by atoms with Crippen LogP contribution in [0.3, 0.4) is 0 Å². The predicted molar refractivity (Wildman–Crippen MR) is 66.4 cm³/mol. The minimum atomic E-state index is 0.678. The first kappa shape index (κ1) is 10.2. The van der Waals surface area contributed by atoms with E-state index in [1.54, 1.807) is 17.2 Å². The molecule has 0 bridgehead atoms. The molecule has 5 heteroatoms. The second-order valence-corrected chi connectivity index (χ2v) is 4.17. The smallest absolute Gasteiger partial charge is 0.166 e. The minimum Gasteiger partial charge on any atom is -0.241 e. The van der Waals surface area contributed by atoms with Crippen LogP contribution in [-0.4, -0.2) is 19.7 Å². The molecule has 1 aromatic carbocycles. The summed E-state index contributed by atoms with van der Waals surface area (Å²) in [6, 6.07) is 7.51. The van der Waals surface area contributed by atoms with Crippen molar-refractivity contribution in [2.45, 2.75) is 6.92 Å². The maximum absolute atomic E-state index is 5.97. The molecule has 3 aromatic rings. The number of halogens is 1. The van der Waals surface area contributed by atoms with Crippen molar-refractivity contribution in [1.82, 2.24) is 19.7 Å². The molecule has 0 radical (unpaired) electrons. The maximum atomic E-state index is 5.97. The summed E-state index contributed by atoms with van der Waals surface area (Å²) in [4.78, 5) is 8.40. The van der Waals surface area contributed by atoms with Crippen LogP contribution >= 0.6 is 11.6 Å². The van der Waals surface area contributed by atoms with Gasteiger partial charge in [0.05, 0.1) is 23.0 Å². The van der Waals surface area contributed by atoms with Gasteiger partial charge >= 0.3 is 0 Å². The van der Waals surface area contributed by atoms with Gasteiger partial charge in [0.2, 0.25) is 0 Å². The largest absolute Gasteiger partial charge is 0.241 e. The van der Waals surface area contributed by atoms with Crippen molar-refractivity contribution in [2.75, 3.05) is 0 Å². The molecule has 0 fully saturated rings. The van der Waals surface area contributed by atoms with Gasteiger partial charge in [0.25, 0.3) is 0 Å². The molecule has 17 heavy (non-hydrogen) atoms. The van der Waals surface area contributed by atoms with E-state index in [0.29, 0.717) is 5.02 Å². The van der Waals surface area contributed by atoms with E-state index in [1.165, 1.54) is 0 Å². The molecule has 3 rings (SSSR count). The summed E-state index contributed by atoms with van der Waals surface area (Å²) in [5.74, 6) is 0. The van der Waals surface area contributed by atoms with E-state index in [1.807, 2.05) is 31.2 Å². The Kier molecular flexibility index (Phi) is 2.30. The lowest BCUT2D eigenvalue weighted by Gasteiger charge is -2.03. The Morgan fingerprint density at radius 2 is 2.12 bits per heavy atom. The molecule has 84 valence electrons. The number of aryl methyl sites for hydroxylation is 1. The van der Waals surface area contributed by atoms with Crippen LogP contribution in [0.2, 0.25) is 5.02 Å². The van der Waals surface area contributed by atoms with Crippen LogP contribution in [0.25, 0.3) is 16.7 Å². The SMILES string of the molecule is Cc1ncnc2c1cnn2-c1cccc(Cl)c1. The van der Waals surface area contributed by atoms with Crippen LogP contribution in [-0.2, 0) is 0 Å². The van der Waals surface area contributed by atoms with E-state index < -0.39 is 0 Å². The number of benzene rings is 1. The summed E-state index contributed by atoms with van der Waals surface area (Å²) < 4.78 is 1.76. The van der Waals surface area contributed by atoms with Gasteiger partial charge in [0, 0.05) is 5.02 Å². The van der Waals surface area contributed by atoms with Gasteiger partial charge in [-0.3, -0.25) is 0 Å². The zero-order valence-electron chi connectivity index (χ0n) is 9.13. The Labute approximate surface area is 103 Å². The van der Waals surface area contributed by atoms with Gasteiger partial charge in [0.1, 0.15) is 6.33 Å². The van der Waals surface area contributed by atoms with Crippen molar-refractivity contribution in [3.8, 4) is 5.69 Å². The third kappa shape index (κ3) is 1.66. The number of hydrogen-bond acceptors (Lipinski definition) is 3. The van der Waals surface area contributed by atoms with Gasteiger partial charge in [-0.25, -0.2) is 14.6 Å². The van der Waals surface area contributed by atoms with E-state index in [9.17, 15) is 0 Å². The molecule has 0 N–H and O–H groups in total. The second-order valence-electron chi connectivity index (χ2n) is 3.73. The fourth-order valence-corrected chi connectivity index (χ4v) is 1.94. The number of hydrogen-bond donors (Lipinski definition) is 0. The Bertz CT molecular complexity index is 690. The van der Waals surface area contributed by atoms with Crippen LogP contribution in [0.5, 0.6) is 0 Å². The fraction of sp³-hybridized carbons (Fsp3) is 0.0833. The topological polar surface area (TPSA) is 43.6 Å². The van der Waals surface area contributed by atoms with Crippen molar-refractivity contribution >= 4 is 22.6 Å². The van der Waals surface area contributed by atoms with Crippen molar-refractivity contribution in [3.05, 3.63) is 47.5 Å². The predicted octanol–water partition coefficient (Wildman–Crippen LogP) is 2.78. The molecule has 0 aliphatic carbocycles. The second kappa shape index (κ2) is 3.82. The lowest BCUT2D eigenvalue weighted by atomic mass is 10.3. The summed E-state index contributed by atoms with van der Waals surface area (Å²) >= 11 is 5.97. The molecule has 0 amide bonds. The molecular weight excluding hydrogens is 236 g/mol. The highest BCUT2D eigenvalue weighted by atomic mass is 35.5. The quantitative estimate of drug-likeness (QED) is 0.661. The van der Waals surface area contributed by atoms with Gasteiger partial charge in [-0.05, 0) is 25.1 Å². The average molecular weight is 245 g/mol. The third-order valence-corrected chi connectivity index (χ3v) is 2.85. The Morgan fingerprint density at radius 3 is 2.94 bits per heavy atom. The molecule has 2 heterocycles. The molecule has 0 atom stereocenters. The standard InChI is InChI=1S/C12H9ClN4/c1-8-11-6-16-17(12(11)15-7-14-8)10-4-2-3-9(13)5-10/h2-7H,1H3. The van der Waals surface area contributed by atoms with Crippen molar-refractivity contribution in [3.63, 3.8) is 0 Å². The van der Waals surface area contributed by atoms with E-state index in [4.69, 9.17) is 11.6 Å². The molecule has 0 aliphatic heterocycles. The molecular formula is C12H9ClN4. The highest BCUT2D eigenvalue weighted by Crippen LogP contribution is 2.19. The lowest BCUT2D eigenvalue weighted by Crippen LogP contribution is -1.97. The maximum Gasteiger partial charge on any atom is 0.166 e. The van der Waals surface area contributed by atoms with Gasteiger partial charge in [-0.15, -0.1) is 0 Å². The van der Waals surface area contributed by atoms with Crippen molar-refractivity contribution < 1.29 is 0 Å². The summed E-state index contributed by atoms with van der Waals surface area (Å²) in [5.41, 5.74) is 2.61. The molecule has 0 saturated carbocycles. The summed E-state index contributed by atoms with van der Waals surface area (Å²) in [5, 5.41) is 5.95. The van der Waals surface area contributed by atoms with E-state index in [2.05, 4.69) is 15.1 Å². The van der Waals surface area contributed by atoms with E-state index >= 15 is 0 Å². The normalized spacial score (nSPS) is 10.9. The molecule has 0 saturated heterocycles. The van der Waals surface area contributed by atoms with Crippen LogP contribution in [0.1, 0.15) is 5.69 Å². The first-order valence-electron chi connectivity index (χ1n) is 5.17. The summed E-state index contributed by atoms with van der Waals surface area (Å²) in [7, 11) is 0. The Balaban J connectivity index is 2.28. The zero-order valence-corrected chi connectivity index (χ0v) is 9.89. The molecule has 2 aromatic heterocycles. The van der Waals surface area contributed by atoms with Crippen LogP contribution in [0.15, 0.2) is 36.8 Å². The van der Waals surface area contributed by atoms with Gasteiger partial charge in [-0.1, -0.05) is 17.7 Å². The highest BCUT2D eigenvalue weighted by molar-refractivity contribution is 6.30. The molecule has 0 spiro atoms. The first-order chi connectivity index (χ1) is 8.25. The fourth-order valence-electron chi connectivity index (χ4n) is 1.76. The third-order valence-electron chi connectivity index (χ3n) is 2.62. The number of aromatic nitrogens is 4. The van der Waals surface area contributed by atoms with Gasteiger partial charge < -0.3 is 0 Å². The number of rotatable bonds is 1. The minimum absolute atomic E-state index is 0.678. The lowest BCUT2D eigenvalue weighted by molar-refractivity contribution is 0.894. The molecule has 0 aliphatic rings. The molecule has 4 nitrogen and oxygen atoms in total. The molecule has 0 unspecified atom stereocenters. The van der Waals surface area contributed by atoms with Crippen molar-refractivity contribution in [1.29, 1.82) is 0 Å². The Morgan fingerprint density at radius 1 is 1.24 bits per heavy atom. The van der Waals surface area contributed by atoms with Gasteiger partial charge in [-0.2, -0.15) is 5.10 Å². The van der Waals surface area contributed by atoms with E-state index in [0.717, 1.165) is 22.4 Å². The summed E-state index contributed by atoms with van der Waals surface area (Å²) in [6.07, 6.45) is 3.31. The number of nitrogens with zero attached hydrogens (tertiary/aromatic N) is 4. The number of fused-ring (bicyclic) bond motifs is 1.